The Kier molecular flexibility index (Phi) is 2.70. The smallest absolute Gasteiger partial charge is 0.0501 e. The van der Waals surface area contributed by atoms with Crippen LogP contribution < -0.4 is 0 Å². The van der Waals surface area contributed by atoms with Gasteiger partial charge in [0.1, 0.15) is 0 Å². The van der Waals surface area contributed by atoms with Gasteiger partial charge in [-0.1, -0.05) is 38.8 Å². The molecule has 1 heteroatoms. The van der Waals surface area contributed by atoms with Crippen LogP contribution in [0, 0.1) is 16.7 Å². The number of hydrogen-bond acceptors (Lipinski definition) is 1. The number of aliphatic hydroxyl groups is 1. The summed E-state index contributed by atoms with van der Waals surface area (Å²) in [4.78, 5) is 0. The summed E-state index contributed by atoms with van der Waals surface area (Å²) in [6.07, 6.45) is 7.71. The van der Waals surface area contributed by atoms with Gasteiger partial charge in [-0.05, 0) is 36.5 Å². The summed E-state index contributed by atoms with van der Waals surface area (Å²) in [5.74, 6) is 0.344. The first-order chi connectivity index (χ1) is 7.03. The molecule has 2 rings (SSSR count). The van der Waals surface area contributed by atoms with E-state index in [1.165, 1.54) is 37.7 Å². The van der Waals surface area contributed by atoms with E-state index in [0.29, 0.717) is 23.4 Å². The van der Waals surface area contributed by atoms with Gasteiger partial charge in [0.2, 0.25) is 0 Å². The monoisotopic (exact) mass is 208 g/mol. The molecule has 3 atom stereocenters. The molecule has 86 valence electrons. The zero-order chi connectivity index (χ0) is 11.1. The fraction of sp³-hybridized carbons (Fsp3) is 0.857. The first kappa shape index (κ1) is 11.2. The molecule has 15 heavy (non-hydrogen) atoms. The maximum Gasteiger partial charge on any atom is 0.0501 e. The molecule has 0 saturated heterocycles. The highest BCUT2D eigenvalue weighted by atomic mass is 16.3. The summed E-state index contributed by atoms with van der Waals surface area (Å²) >= 11 is 0. The fourth-order valence-corrected chi connectivity index (χ4v) is 3.99. The summed E-state index contributed by atoms with van der Waals surface area (Å²) in [6, 6.07) is 0. The van der Waals surface area contributed by atoms with Crippen molar-refractivity contribution in [3.63, 3.8) is 0 Å². The summed E-state index contributed by atoms with van der Waals surface area (Å²) in [6.45, 7) is 9.29. The van der Waals surface area contributed by atoms with Crippen LogP contribution in [0.1, 0.15) is 52.4 Å². The highest BCUT2D eigenvalue weighted by Gasteiger charge is 2.53. The van der Waals surface area contributed by atoms with E-state index >= 15 is 0 Å². The predicted octanol–water partition coefficient (Wildman–Crippen LogP) is 3.53. The van der Waals surface area contributed by atoms with Gasteiger partial charge in [-0.25, -0.2) is 0 Å². The Hall–Kier alpha value is -0.300. The van der Waals surface area contributed by atoms with Crippen molar-refractivity contribution in [2.75, 3.05) is 6.61 Å². The first-order valence-corrected chi connectivity index (χ1v) is 6.32. The van der Waals surface area contributed by atoms with Crippen molar-refractivity contribution >= 4 is 0 Å². The molecule has 0 aromatic heterocycles. The highest BCUT2D eigenvalue weighted by molar-refractivity contribution is 5.16. The van der Waals surface area contributed by atoms with Crippen molar-refractivity contribution in [1.29, 1.82) is 0 Å². The van der Waals surface area contributed by atoms with Crippen molar-refractivity contribution < 1.29 is 5.11 Å². The van der Waals surface area contributed by atoms with E-state index in [1.54, 1.807) is 0 Å². The lowest BCUT2D eigenvalue weighted by atomic mass is 9.47. The number of aliphatic hydroxyl groups excluding tert-OH is 1. The molecule has 2 aliphatic rings. The van der Waals surface area contributed by atoms with Crippen molar-refractivity contribution in [3.8, 4) is 0 Å². The van der Waals surface area contributed by atoms with Crippen molar-refractivity contribution in [1.82, 2.24) is 0 Å². The zero-order valence-electron chi connectivity index (χ0n) is 10.2. The van der Waals surface area contributed by atoms with Crippen LogP contribution >= 0.6 is 0 Å². The average molecular weight is 208 g/mol. The minimum Gasteiger partial charge on any atom is -0.396 e. The zero-order valence-corrected chi connectivity index (χ0v) is 10.2. The van der Waals surface area contributed by atoms with Gasteiger partial charge in [0, 0.05) is 5.92 Å². The molecule has 0 spiro atoms. The Morgan fingerprint density at radius 1 is 1.27 bits per heavy atom. The Bertz CT molecular complexity index is 271. The summed E-state index contributed by atoms with van der Waals surface area (Å²) in [5.41, 5.74) is 2.04. The van der Waals surface area contributed by atoms with Crippen LogP contribution in [0.4, 0.5) is 0 Å². The second-order valence-electron chi connectivity index (χ2n) is 6.08. The molecule has 0 aromatic rings. The van der Waals surface area contributed by atoms with Crippen molar-refractivity contribution in [2.24, 2.45) is 16.7 Å². The molecular weight excluding hydrogens is 184 g/mol. The quantitative estimate of drug-likeness (QED) is 0.654. The van der Waals surface area contributed by atoms with Crippen LogP contribution in [0.5, 0.6) is 0 Å². The average Bonchev–Trinajstić information content (AvgIpc) is 2.20. The molecular formula is C14H24O. The summed E-state index contributed by atoms with van der Waals surface area (Å²) in [5, 5.41) is 9.62. The van der Waals surface area contributed by atoms with Gasteiger partial charge in [-0.15, -0.1) is 0 Å². The molecule has 1 N–H and O–H groups in total. The molecule has 2 aliphatic carbocycles. The molecule has 1 nitrogen and oxygen atoms in total. The van der Waals surface area contributed by atoms with Crippen LogP contribution in [0.15, 0.2) is 12.2 Å². The molecule has 0 bridgehead atoms. The largest absolute Gasteiger partial charge is 0.396 e. The SMILES string of the molecule is C=C1CC[C@@]2(C)CCCC[C@]2(C)[C@H]1CO. The van der Waals surface area contributed by atoms with E-state index in [0.717, 1.165) is 6.42 Å². The first-order valence-electron chi connectivity index (χ1n) is 6.32. The van der Waals surface area contributed by atoms with Gasteiger partial charge in [-0.3, -0.25) is 0 Å². The second kappa shape index (κ2) is 3.62. The molecule has 2 fully saturated rings. The lowest BCUT2D eigenvalue weighted by Crippen LogP contribution is -2.50. The van der Waals surface area contributed by atoms with E-state index in [9.17, 15) is 5.11 Å². The second-order valence-corrected chi connectivity index (χ2v) is 6.08. The van der Waals surface area contributed by atoms with Crippen molar-refractivity contribution in [2.45, 2.75) is 52.4 Å². The molecule has 0 radical (unpaired) electrons. The number of hydrogen-bond donors (Lipinski definition) is 1. The molecule has 0 aliphatic heterocycles. The van der Waals surface area contributed by atoms with E-state index in [1.807, 2.05) is 0 Å². The van der Waals surface area contributed by atoms with Crippen LogP contribution in [0.2, 0.25) is 0 Å². The van der Waals surface area contributed by atoms with Gasteiger partial charge in [-0.2, -0.15) is 0 Å². The lowest BCUT2D eigenvalue weighted by molar-refractivity contribution is -0.0658. The number of rotatable bonds is 1. The van der Waals surface area contributed by atoms with Gasteiger partial charge in [0.25, 0.3) is 0 Å². The fourth-order valence-electron chi connectivity index (χ4n) is 3.99. The normalized spacial score (nSPS) is 46.3. The Morgan fingerprint density at radius 3 is 2.60 bits per heavy atom. The molecule has 0 unspecified atom stereocenters. The van der Waals surface area contributed by atoms with Gasteiger partial charge < -0.3 is 5.11 Å². The van der Waals surface area contributed by atoms with E-state index < -0.39 is 0 Å². The van der Waals surface area contributed by atoms with E-state index in [-0.39, 0.29) is 0 Å². The van der Waals surface area contributed by atoms with E-state index in [4.69, 9.17) is 0 Å². The predicted molar refractivity (Wildman–Crippen MR) is 63.6 cm³/mol. The van der Waals surface area contributed by atoms with Crippen LogP contribution in [0.3, 0.4) is 0 Å². The van der Waals surface area contributed by atoms with Crippen molar-refractivity contribution in [3.05, 3.63) is 12.2 Å². The Labute approximate surface area is 93.6 Å². The Balaban J connectivity index is 2.35. The maximum atomic E-state index is 9.62. The third-order valence-corrected chi connectivity index (χ3v) is 5.50. The van der Waals surface area contributed by atoms with Gasteiger partial charge in [0.15, 0.2) is 0 Å². The summed E-state index contributed by atoms with van der Waals surface area (Å²) < 4.78 is 0. The minimum atomic E-state index is 0.297. The standard InChI is InChI=1S/C14H24O/c1-11-6-9-13(2)7-4-5-8-14(13,3)12(11)10-15/h12,15H,1,4-10H2,2-3H3/t12-,13+,14+/m0/s1. The molecule has 0 amide bonds. The van der Waals surface area contributed by atoms with Gasteiger partial charge >= 0.3 is 0 Å². The highest BCUT2D eigenvalue weighted by Crippen LogP contribution is 2.61. The van der Waals surface area contributed by atoms with E-state index in [2.05, 4.69) is 20.4 Å². The third-order valence-electron chi connectivity index (χ3n) is 5.50. The van der Waals surface area contributed by atoms with Crippen LogP contribution in [-0.2, 0) is 0 Å². The molecule has 0 heterocycles. The van der Waals surface area contributed by atoms with Crippen LogP contribution in [0.25, 0.3) is 0 Å². The number of fused-ring (bicyclic) bond motifs is 1. The summed E-state index contributed by atoms with van der Waals surface area (Å²) in [7, 11) is 0. The van der Waals surface area contributed by atoms with Crippen LogP contribution in [-0.4, -0.2) is 11.7 Å². The Morgan fingerprint density at radius 2 is 1.93 bits per heavy atom. The maximum absolute atomic E-state index is 9.62. The molecule has 0 aromatic carbocycles. The molecule has 2 saturated carbocycles. The lowest BCUT2D eigenvalue weighted by Gasteiger charge is -2.58. The minimum absolute atomic E-state index is 0.297. The third kappa shape index (κ3) is 1.47. The topological polar surface area (TPSA) is 20.2 Å². The van der Waals surface area contributed by atoms with Gasteiger partial charge in [0.05, 0.1) is 6.61 Å².